The molecule has 5 heteroatoms. The van der Waals surface area contributed by atoms with Crippen LogP contribution in [0.5, 0.6) is 0 Å². The lowest BCUT2D eigenvalue weighted by Crippen LogP contribution is -2.27. The zero-order chi connectivity index (χ0) is 14.3. The maximum absolute atomic E-state index is 11.6. The molecular weight excluding hydrogens is 246 g/mol. The topological polar surface area (TPSA) is 76.5 Å². The molecule has 1 rings (SSSR count). The molecule has 1 N–H and O–H groups in total. The van der Waals surface area contributed by atoms with Crippen molar-refractivity contribution >= 4 is 11.9 Å². The smallest absolute Gasteiger partial charge is 0.320 e. The molecule has 0 spiro atoms. The quantitative estimate of drug-likeness (QED) is 0.604. The third-order valence-corrected chi connectivity index (χ3v) is 3.04. The number of carbonyl (C=O) groups is 2. The SMILES string of the molecule is CCOC(=O)C(CC(CC)c1cccnc1)C(=O)O. The van der Waals surface area contributed by atoms with Crippen molar-refractivity contribution in [2.75, 3.05) is 6.61 Å². The average Bonchev–Trinajstić information content (AvgIpc) is 2.40. The Morgan fingerprint density at radius 1 is 1.42 bits per heavy atom. The van der Waals surface area contributed by atoms with Crippen LogP contribution in [-0.2, 0) is 14.3 Å². The van der Waals surface area contributed by atoms with Gasteiger partial charge in [0.2, 0.25) is 0 Å². The third-order valence-electron chi connectivity index (χ3n) is 3.04. The maximum Gasteiger partial charge on any atom is 0.320 e. The van der Waals surface area contributed by atoms with Gasteiger partial charge in [0.05, 0.1) is 6.61 Å². The summed E-state index contributed by atoms with van der Waals surface area (Å²) < 4.78 is 4.81. The van der Waals surface area contributed by atoms with Crippen LogP contribution in [0.2, 0.25) is 0 Å². The minimum Gasteiger partial charge on any atom is -0.481 e. The number of carboxylic acid groups (broad SMARTS) is 1. The van der Waals surface area contributed by atoms with E-state index in [-0.39, 0.29) is 18.9 Å². The van der Waals surface area contributed by atoms with E-state index in [2.05, 4.69) is 4.98 Å². The second-order valence-corrected chi connectivity index (χ2v) is 4.27. The fraction of sp³-hybridized carbons (Fsp3) is 0.500. The summed E-state index contributed by atoms with van der Waals surface area (Å²) in [6, 6.07) is 3.70. The van der Waals surface area contributed by atoms with Gasteiger partial charge in [0.25, 0.3) is 0 Å². The van der Waals surface area contributed by atoms with Crippen molar-refractivity contribution in [1.82, 2.24) is 4.98 Å². The highest BCUT2D eigenvalue weighted by Crippen LogP contribution is 2.27. The highest BCUT2D eigenvalue weighted by Gasteiger charge is 2.30. The summed E-state index contributed by atoms with van der Waals surface area (Å²) in [7, 11) is 0. The van der Waals surface area contributed by atoms with Crippen LogP contribution in [0.25, 0.3) is 0 Å². The van der Waals surface area contributed by atoms with Crippen LogP contribution < -0.4 is 0 Å². The van der Waals surface area contributed by atoms with E-state index in [9.17, 15) is 9.59 Å². The van der Waals surface area contributed by atoms with Crippen molar-refractivity contribution in [2.45, 2.75) is 32.6 Å². The van der Waals surface area contributed by atoms with Crippen molar-refractivity contribution in [3.63, 3.8) is 0 Å². The number of carbonyl (C=O) groups excluding carboxylic acids is 1. The van der Waals surface area contributed by atoms with Crippen molar-refractivity contribution in [3.8, 4) is 0 Å². The molecule has 0 aliphatic carbocycles. The normalized spacial score (nSPS) is 13.6. The molecule has 0 bridgehead atoms. The number of rotatable bonds is 7. The Morgan fingerprint density at radius 3 is 2.63 bits per heavy atom. The summed E-state index contributed by atoms with van der Waals surface area (Å²) in [6.45, 7) is 3.81. The average molecular weight is 265 g/mol. The molecule has 2 unspecified atom stereocenters. The van der Waals surface area contributed by atoms with Gasteiger partial charge >= 0.3 is 11.9 Å². The number of ether oxygens (including phenoxy) is 1. The number of hydrogen-bond donors (Lipinski definition) is 1. The van der Waals surface area contributed by atoms with Gasteiger partial charge in [0.15, 0.2) is 5.92 Å². The fourth-order valence-electron chi connectivity index (χ4n) is 1.98. The first-order chi connectivity index (χ1) is 9.10. The van der Waals surface area contributed by atoms with Gasteiger partial charge in [-0.2, -0.15) is 0 Å². The molecule has 0 aliphatic rings. The molecule has 2 atom stereocenters. The van der Waals surface area contributed by atoms with Crippen molar-refractivity contribution in [1.29, 1.82) is 0 Å². The highest BCUT2D eigenvalue weighted by atomic mass is 16.5. The van der Waals surface area contributed by atoms with Gasteiger partial charge in [-0.25, -0.2) is 0 Å². The number of aliphatic carboxylic acids is 1. The van der Waals surface area contributed by atoms with Crippen LogP contribution in [-0.4, -0.2) is 28.6 Å². The first-order valence-electron chi connectivity index (χ1n) is 6.39. The summed E-state index contributed by atoms with van der Waals surface area (Å²) in [5.41, 5.74) is 0.945. The van der Waals surface area contributed by atoms with Crippen LogP contribution in [0, 0.1) is 5.92 Å². The highest BCUT2D eigenvalue weighted by molar-refractivity contribution is 5.93. The van der Waals surface area contributed by atoms with Crippen LogP contribution >= 0.6 is 0 Å². The molecule has 0 saturated carbocycles. The van der Waals surface area contributed by atoms with Gasteiger partial charge < -0.3 is 9.84 Å². The summed E-state index contributed by atoms with van der Waals surface area (Å²) in [5.74, 6) is -2.94. The van der Waals surface area contributed by atoms with Crippen molar-refractivity contribution in [2.24, 2.45) is 5.92 Å². The number of aromatic nitrogens is 1. The standard InChI is InChI=1S/C14H19NO4/c1-3-10(11-6-5-7-15-9-11)8-12(13(16)17)14(18)19-4-2/h5-7,9-10,12H,3-4,8H2,1-2H3,(H,16,17). The number of hydrogen-bond acceptors (Lipinski definition) is 4. The van der Waals surface area contributed by atoms with Gasteiger partial charge in [-0.15, -0.1) is 0 Å². The summed E-state index contributed by atoms with van der Waals surface area (Å²) >= 11 is 0. The van der Waals surface area contributed by atoms with E-state index in [4.69, 9.17) is 9.84 Å². The Morgan fingerprint density at radius 2 is 2.16 bits per heavy atom. The molecule has 0 saturated heterocycles. The predicted octanol–water partition coefficient (Wildman–Crippen LogP) is 2.23. The van der Waals surface area contributed by atoms with E-state index in [1.54, 1.807) is 25.4 Å². The minimum absolute atomic E-state index is 0.0146. The van der Waals surface area contributed by atoms with E-state index >= 15 is 0 Å². The van der Waals surface area contributed by atoms with Crippen LogP contribution in [0.4, 0.5) is 0 Å². The minimum atomic E-state index is -1.14. The Kier molecular flexibility index (Phi) is 5.99. The molecule has 0 aromatic carbocycles. The molecular formula is C14H19NO4. The van der Waals surface area contributed by atoms with Crippen molar-refractivity contribution < 1.29 is 19.4 Å². The molecule has 0 amide bonds. The van der Waals surface area contributed by atoms with Gasteiger partial charge in [-0.05, 0) is 37.3 Å². The lowest BCUT2D eigenvalue weighted by Gasteiger charge is -2.18. The number of carboxylic acids is 1. The Balaban J connectivity index is 2.82. The maximum atomic E-state index is 11.6. The first-order valence-corrected chi connectivity index (χ1v) is 6.39. The second-order valence-electron chi connectivity index (χ2n) is 4.27. The van der Waals surface area contributed by atoms with E-state index in [1.807, 2.05) is 13.0 Å². The van der Waals surface area contributed by atoms with E-state index in [0.29, 0.717) is 0 Å². The van der Waals surface area contributed by atoms with Crippen LogP contribution in [0.3, 0.4) is 0 Å². The number of nitrogens with zero attached hydrogens (tertiary/aromatic N) is 1. The molecule has 104 valence electrons. The Labute approximate surface area is 112 Å². The van der Waals surface area contributed by atoms with Gasteiger partial charge in [-0.3, -0.25) is 14.6 Å². The third kappa shape index (κ3) is 4.35. The van der Waals surface area contributed by atoms with Gasteiger partial charge in [0, 0.05) is 12.4 Å². The molecule has 19 heavy (non-hydrogen) atoms. The number of pyridine rings is 1. The first kappa shape index (κ1) is 15.1. The lowest BCUT2D eigenvalue weighted by molar-refractivity contribution is -0.158. The molecule has 0 aliphatic heterocycles. The van der Waals surface area contributed by atoms with E-state index < -0.39 is 17.9 Å². The molecule has 1 aromatic rings. The summed E-state index contributed by atoms with van der Waals surface area (Å²) in [4.78, 5) is 26.9. The predicted molar refractivity (Wildman–Crippen MR) is 69.6 cm³/mol. The Bertz CT molecular complexity index is 419. The second kappa shape index (κ2) is 7.51. The molecule has 1 heterocycles. The van der Waals surface area contributed by atoms with Crippen LogP contribution in [0.1, 0.15) is 38.2 Å². The largest absolute Gasteiger partial charge is 0.481 e. The molecule has 0 radical (unpaired) electrons. The number of esters is 1. The van der Waals surface area contributed by atoms with E-state index in [0.717, 1.165) is 12.0 Å². The Hall–Kier alpha value is -1.91. The zero-order valence-corrected chi connectivity index (χ0v) is 11.2. The van der Waals surface area contributed by atoms with Gasteiger partial charge in [-0.1, -0.05) is 13.0 Å². The van der Waals surface area contributed by atoms with E-state index in [1.165, 1.54) is 0 Å². The molecule has 0 fully saturated rings. The van der Waals surface area contributed by atoms with Crippen LogP contribution in [0.15, 0.2) is 24.5 Å². The zero-order valence-electron chi connectivity index (χ0n) is 11.2. The molecule has 1 aromatic heterocycles. The van der Waals surface area contributed by atoms with Gasteiger partial charge in [0.1, 0.15) is 0 Å². The molecule has 5 nitrogen and oxygen atoms in total. The summed E-state index contributed by atoms with van der Waals surface area (Å²) in [5, 5.41) is 9.15. The lowest BCUT2D eigenvalue weighted by atomic mass is 9.87. The summed E-state index contributed by atoms with van der Waals surface area (Å²) in [6.07, 6.45) is 4.35. The fourth-order valence-corrected chi connectivity index (χ4v) is 1.98. The monoisotopic (exact) mass is 265 g/mol. The van der Waals surface area contributed by atoms with Crippen molar-refractivity contribution in [3.05, 3.63) is 30.1 Å².